The van der Waals surface area contributed by atoms with Gasteiger partial charge in [0, 0.05) is 36.7 Å². The molecule has 9 heteroatoms. The first-order chi connectivity index (χ1) is 20.5. The largest absolute Gasteiger partial charge is 0.465 e. The van der Waals surface area contributed by atoms with Crippen LogP contribution in [0.15, 0.2) is 0 Å². The number of rotatable bonds is 3. The molecule has 0 aromatic heterocycles. The van der Waals surface area contributed by atoms with E-state index in [9.17, 15) is 9.59 Å². The highest BCUT2D eigenvalue weighted by molar-refractivity contribution is 6.74. The Kier molecular flexibility index (Phi) is 9.79. The lowest BCUT2D eigenvalue weighted by molar-refractivity contribution is -0.257. The molecule has 0 aromatic rings. The second-order valence-corrected chi connectivity index (χ2v) is 21.5. The highest BCUT2D eigenvalue weighted by Crippen LogP contribution is 2.72. The fourth-order valence-electron chi connectivity index (χ4n) is 8.61. The van der Waals surface area contributed by atoms with Gasteiger partial charge in [-0.3, -0.25) is 9.59 Å². The Labute approximate surface area is 267 Å². The first-order valence-electron chi connectivity index (χ1n) is 17.5. The van der Waals surface area contributed by atoms with E-state index in [1.54, 1.807) is 0 Å². The third-order valence-electron chi connectivity index (χ3n) is 12.8. The molecule has 3 saturated heterocycles. The summed E-state index contributed by atoms with van der Waals surface area (Å²) in [4.78, 5) is 26.7. The molecule has 2 spiro atoms. The SMILES string of the molecule is CC1CC[C@@]23COC(=O)C[C@H](C)CCO[C@@H]([C@@H](C)O[Si](C)(C)C(C)(C)C)CCCCC(=O)O[C@@H]4C[C@@H](O[C@@H]2C1)[C@@]1(CO1)[C@]43C. The molecule has 5 aliphatic rings. The molecule has 44 heavy (non-hydrogen) atoms. The number of hydrogen-bond acceptors (Lipinski definition) is 8. The van der Waals surface area contributed by atoms with Gasteiger partial charge in [0.15, 0.2) is 8.32 Å². The lowest BCUT2D eigenvalue weighted by atomic mass is 9.50. The summed E-state index contributed by atoms with van der Waals surface area (Å²) >= 11 is 0. The Morgan fingerprint density at radius 3 is 2.34 bits per heavy atom. The molecule has 2 bridgehead atoms. The molecule has 3 aliphatic heterocycles. The maximum atomic E-state index is 13.4. The van der Waals surface area contributed by atoms with E-state index in [1.807, 2.05) is 0 Å². The van der Waals surface area contributed by atoms with Gasteiger partial charge in [-0.15, -0.1) is 0 Å². The summed E-state index contributed by atoms with van der Waals surface area (Å²) < 4.78 is 38.8. The van der Waals surface area contributed by atoms with Crippen LogP contribution in [0.5, 0.6) is 0 Å². The van der Waals surface area contributed by atoms with E-state index in [0.29, 0.717) is 38.4 Å². The van der Waals surface area contributed by atoms with E-state index in [0.717, 1.165) is 44.9 Å². The zero-order valence-electron chi connectivity index (χ0n) is 29.0. The summed E-state index contributed by atoms with van der Waals surface area (Å²) in [5.41, 5.74) is -1.40. The monoisotopic (exact) mass is 636 g/mol. The average Bonchev–Trinajstić information content (AvgIpc) is 3.70. The summed E-state index contributed by atoms with van der Waals surface area (Å²) in [5.74, 6) is 0.329. The Balaban J connectivity index is 1.34. The predicted molar refractivity (Wildman–Crippen MR) is 171 cm³/mol. The van der Waals surface area contributed by atoms with Gasteiger partial charge in [-0.05, 0) is 75.4 Å². The smallest absolute Gasteiger partial charge is 0.306 e. The maximum absolute atomic E-state index is 13.4. The predicted octanol–water partition coefficient (Wildman–Crippen LogP) is 6.98. The standard InChI is InChI=1S/C35H60O8Si/c1-23-14-16-34-21-39-31(37)19-24(2)15-17-38-26(25(3)43-44(8,9)32(4,5)6)12-10-11-13-30(36)42-27-20-29(41-28(34)18-23)35(22-40-35)33(27,34)7/h23-29H,10-22H2,1-9H3/t23?,24-,25-,26-,27-,28-,29-,33-,34-,35+/m1/s1. The zero-order chi connectivity index (χ0) is 32.1. The summed E-state index contributed by atoms with van der Waals surface area (Å²) in [5, 5.41) is 0.105. The molecule has 0 radical (unpaired) electrons. The minimum Gasteiger partial charge on any atom is -0.465 e. The molecule has 252 valence electrons. The maximum Gasteiger partial charge on any atom is 0.306 e. The van der Waals surface area contributed by atoms with Crippen molar-refractivity contribution in [3.63, 3.8) is 0 Å². The molecule has 2 saturated carbocycles. The Hall–Kier alpha value is -1.00. The number of cyclic esters (lactones) is 1. The summed E-state index contributed by atoms with van der Waals surface area (Å²) in [7, 11) is -1.98. The second kappa shape index (κ2) is 12.5. The van der Waals surface area contributed by atoms with Crippen LogP contribution in [0.1, 0.15) is 113 Å². The third-order valence-corrected chi connectivity index (χ3v) is 17.3. The number of epoxide rings is 1. The average molecular weight is 637 g/mol. The van der Waals surface area contributed by atoms with Crippen LogP contribution in [-0.4, -0.2) is 76.2 Å². The molecular weight excluding hydrogens is 576 g/mol. The lowest BCUT2D eigenvalue weighted by Gasteiger charge is -2.60. The first-order valence-corrected chi connectivity index (χ1v) is 20.4. The number of ether oxygens (including phenoxy) is 5. The van der Waals surface area contributed by atoms with Crippen LogP contribution in [0.3, 0.4) is 0 Å². The third kappa shape index (κ3) is 6.18. The van der Waals surface area contributed by atoms with E-state index in [2.05, 4.69) is 61.6 Å². The van der Waals surface area contributed by atoms with Crippen molar-refractivity contribution in [3.05, 3.63) is 0 Å². The molecule has 0 amide bonds. The first kappa shape index (κ1) is 34.3. The van der Waals surface area contributed by atoms with Gasteiger partial charge in [0.05, 0.1) is 31.0 Å². The minimum absolute atomic E-state index is 0.0449. The van der Waals surface area contributed by atoms with Gasteiger partial charge >= 0.3 is 11.9 Å². The number of carbonyl (C=O) groups excluding carboxylic acids is 2. The van der Waals surface area contributed by atoms with Crippen LogP contribution in [0.2, 0.25) is 18.1 Å². The molecule has 0 N–H and O–H groups in total. The summed E-state index contributed by atoms with van der Waals surface area (Å²) in [6.45, 7) is 21.5. The molecular formula is C35H60O8Si. The molecule has 0 aromatic carbocycles. The van der Waals surface area contributed by atoms with Gasteiger partial charge in [0.25, 0.3) is 0 Å². The number of esters is 2. The zero-order valence-corrected chi connectivity index (χ0v) is 30.0. The quantitative estimate of drug-likeness (QED) is 0.186. The summed E-state index contributed by atoms with van der Waals surface area (Å²) in [6, 6.07) is 0. The Bertz CT molecular complexity index is 1050. The molecule has 2 aliphatic carbocycles. The van der Waals surface area contributed by atoms with Gasteiger partial charge in [-0.1, -0.05) is 48.0 Å². The molecule has 3 heterocycles. The van der Waals surface area contributed by atoms with Crippen molar-refractivity contribution in [2.75, 3.05) is 19.8 Å². The van der Waals surface area contributed by atoms with E-state index < -0.39 is 24.7 Å². The van der Waals surface area contributed by atoms with Crippen molar-refractivity contribution in [1.29, 1.82) is 0 Å². The van der Waals surface area contributed by atoms with Crippen LogP contribution in [0, 0.1) is 22.7 Å². The van der Waals surface area contributed by atoms with Crippen LogP contribution < -0.4 is 0 Å². The van der Waals surface area contributed by atoms with Crippen LogP contribution >= 0.6 is 0 Å². The van der Waals surface area contributed by atoms with Crippen LogP contribution in [0.25, 0.3) is 0 Å². The molecule has 5 rings (SSSR count). The molecule has 8 nitrogen and oxygen atoms in total. The van der Waals surface area contributed by atoms with E-state index in [-0.39, 0.29) is 60.0 Å². The highest BCUT2D eigenvalue weighted by atomic mass is 28.4. The van der Waals surface area contributed by atoms with Crippen molar-refractivity contribution in [3.8, 4) is 0 Å². The van der Waals surface area contributed by atoms with Crippen molar-refractivity contribution < 1.29 is 37.7 Å². The molecule has 10 atom stereocenters. The van der Waals surface area contributed by atoms with E-state index >= 15 is 0 Å². The van der Waals surface area contributed by atoms with Crippen molar-refractivity contribution in [2.45, 2.75) is 167 Å². The van der Waals surface area contributed by atoms with Crippen molar-refractivity contribution in [2.24, 2.45) is 22.7 Å². The second-order valence-electron chi connectivity index (χ2n) is 16.7. The fraction of sp³-hybridized carbons (Fsp3) is 0.943. The van der Waals surface area contributed by atoms with Crippen molar-refractivity contribution in [1.82, 2.24) is 0 Å². The summed E-state index contributed by atoms with van der Waals surface area (Å²) in [6.07, 6.45) is 6.78. The fourth-order valence-corrected chi connectivity index (χ4v) is 10.0. The normalized spacial score (nSPS) is 43.3. The topological polar surface area (TPSA) is 92.8 Å². The number of carbonyl (C=O) groups is 2. The van der Waals surface area contributed by atoms with Gasteiger partial charge in [-0.2, -0.15) is 0 Å². The van der Waals surface area contributed by atoms with Crippen LogP contribution in [-0.2, 0) is 37.7 Å². The molecule has 5 fully saturated rings. The van der Waals surface area contributed by atoms with Gasteiger partial charge in [0.2, 0.25) is 0 Å². The van der Waals surface area contributed by atoms with E-state index in [1.165, 1.54) is 0 Å². The van der Waals surface area contributed by atoms with Gasteiger partial charge in [0.1, 0.15) is 18.3 Å². The van der Waals surface area contributed by atoms with Gasteiger partial charge < -0.3 is 28.1 Å². The molecule has 1 unspecified atom stereocenters. The lowest BCUT2D eigenvalue weighted by Crippen LogP contribution is -2.67. The number of hydrogen-bond donors (Lipinski definition) is 0. The minimum atomic E-state index is -1.98. The highest BCUT2D eigenvalue weighted by Gasteiger charge is 2.83. The van der Waals surface area contributed by atoms with Crippen LogP contribution in [0.4, 0.5) is 0 Å². The Morgan fingerprint density at radius 1 is 0.932 bits per heavy atom. The van der Waals surface area contributed by atoms with E-state index in [4.69, 9.17) is 28.1 Å². The van der Waals surface area contributed by atoms with Gasteiger partial charge in [-0.25, -0.2) is 0 Å². The van der Waals surface area contributed by atoms with Crippen molar-refractivity contribution >= 4 is 20.3 Å². The Morgan fingerprint density at radius 2 is 1.66 bits per heavy atom.